The van der Waals surface area contributed by atoms with E-state index in [9.17, 15) is 9.59 Å². The molecule has 15 heavy (non-hydrogen) atoms. The summed E-state index contributed by atoms with van der Waals surface area (Å²) < 4.78 is 9.86. The lowest BCUT2D eigenvalue weighted by Gasteiger charge is -2.27. The van der Waals surface area contributed by atoms with Crippen LogP contribution in [0.5, 0.6) is 0 Å². The van der Waals surface area contributed by atoms with Gasteiger partial charge in [0.2, 0.25) is 6.10 Å². The monoisotopic (exact) mass is 214 g/mol. The Morgan fingerprint density at radius 3 is 2.53 bits per heavy atom. The third kappa shape index (κ3) is 2.49. The largest absolute Gasteiger partial charge is 0.463 e. The van der Waals surface area contributed by atoms with Crippen LogP contribution < -0.4 is 0 Å². The average Bonchev–Trinajstić information content (AvgIpc) is 2.51. The summed E-state index contributed by atoms with van der Waals surface area (Å²) in [5, 5.41) is 0. The maximum atomic E-state index is 11.8. The van der Waals surface area contributed by atoms with Gasteiger partial charge in [-0.1, -0.05) is 13.8 Å². The number of esters is 2. The molecule has 86 valence electrons. The third-order valence-corrected chi connectivity index (χ3v) is 3.11. The fourth-order valence-corrected chi connectivity index (χ4v) is 1.10. The van der Waals surface area contributed by atoms with Crippen molar-refractivity contribution in [2.24, 2.45) is 11.3 Å². The van der Waals surface area contributed by atoms with Crippen molar-refractivity contribution >= 4 is 11.9 Å². The van der Waals surface area contributed by atoms with E-state index in [4.69, 9.17) is 9.47 Å². The minimum Gasteiger partial charge on any atom is -0.463 e. The quantitative estimate of drug-likeness (QED) is 0.668. The molecule has 1 saturated heterocycles. The molecule has 0 saturated carbocycles. The number of carbonyl (C=O) groups is 2. The Morgan fingerprint density at radius 2 is 2.13 bits per heavy atom. The van der Waals surface area contributed by atoms with Crippen molar-refractivity contribution in [2.45, 2.75) is 40.2 Å². The van der Waals surface area contributed by atoms with Crippen LogP contribution in [-0.2, 0) is 19.1 Å². The minimum absolute atomic E-state index is 0.169. The predicted molar refractivity (Wildman–Crippen MR) is 54.1 cm³/mol. The second-order valence-electron chi connectivity index (χ2n) is 4.73. The second kappa shape index (κ2) is 4.21. The van der Waals surface area contributed by atoms with Gasteiger partial charge in [-0.25, -0.2) is 4.79 Å². The number of carbonyl (C=O) groups excluding carboxylic acids is 2. The normalized spacial score (nSPS) is 21.7. The maximum Gasteiger partial charge on any atom is 0.347 e. The van der Waals surface area contributed by atoms with E-state index >= 15 is 0 Å². The molecule has 0 aromatic rings. The van der Waals surface area contributed by atoms with Crippen molar-refractivity contribution in [3.05, 3.63) is 0 Å². The zero-order valence-corrected chi connectivity index (χ0v) is 9.70. The van der Waals surface area contributed by atoms with E-state index in [1.165, 1.54) is 0 Å². The smallest absolute Gasteiger partial charge is 0.347 e. The van der Waals surface area contributed by atoms with Crippen LogP contribution in [0.4, 0.5) is 0 Å². The van der Waals surface area contributed by atoms with Crippen LogP contribution >= 0.6 is 0 Å². The molecule has 1 unspecified atom stereocenters. The van der Waals surface area contributed by atoms with Crippen LogP contribution in [-0.4, -0.2) is 24.6 Å². The van der Waals surface area contributed by atoms with E-state index in [2.05, 4.69) is 0 Å². The molecule has 0 radical (unpaired) electrons. The van der Waals surface area contributed by atoms with Crippen molar-refractivity contribution in [2.75, 3.05) is 6.61 Å². The van der Waals surface area contributed by atoms with Crippen LogP contribution in [0.1, 0.15) is 34.1 Å². The Bertz CT molecular complexity index is 268. The molecule has 0 aromatic carbocycles. The molecule has 1 fully saturated rings. The Labute approximate surface area is 89.9 Å². The van der Waals surface area contributed by atoms with E-state index in [1.807, 2.05) is 27.7 Å². The first-order valence-electron chi connectivity index (χ1n) is 5.23. The molecule has 1 atom stereocenters. The topological polar surface area (TPSA) is 52.6 Å². The molecule has 1 heterocycles. The number of cyclic esters (lactones) is 1. The Balaban J connectivity index is 2.59. The van der Waals surface area contributed by atoms with Crippen molar-refractivity contribution in [1.82, 2.24) is 0 Å². The average molecular weight is 214 g/mol. The Kier molecular flexibility index (Phi) is 3.37. The van der Waals surface area contributed by atoms with Gasteiger partial charge in [-0.3, -0.25) is 4.79 Å². The molecule has 1 aliphatic rings. The molecule has 4 nitrogen and oxygen atoms in total. The van der Waals surface area contributed by atoms with Crippen molar-refractivity contribution in [3.8, 4) is 0 Å². The van der Waals surface area contributed by atoms with E-state index in [0.29, 0.717) is 13.0 Å². The zero-order chi connectivity index (χ0) is 11.6. The van der Waals surface area contributed by atoms with Crippen LogP contribution in [0.15, 0.2) is 0 Å². The predicted octanol–water partition coefficient (Wildman–Crippen LogP) is 1.53. The highest BCUT2D eigenvalue weighted by molar-refractivity contribution is 5.82. The zero-order valence-electron chi connectivity index (χ0n) is 9.70. The summed E-state index contributed by atoms with van der Waals surface area (Å²) in [5.74, 6) is -0.591. The number of hydrogen-bond acceptors (Lipinski definition) is 4. The van der Waals surface area contributed by atoms with Crippen molar-refractivity contribution < 1.29 is 19.1 Å². The van der Waals surface area contributed by atoms with Crippen molar-refractivity contribution in [3.63, 3.8) is 0 Å². The number of hydrogen-bond donors (Lipinski definition) is 0. The van der Waals surface area contributed by atoms with Crippen LogP contribution in [0.25, 0.3) is 0 Å². The SMILES string of the molecule is CC(C)C(C)(C)C(=O)OC1CCOC1=O. The van der Waals surface area contributed by atoms with E-state index < -0.39 is 17.5 Å². The highest BCUT2D eigenvalue weighted by Gasteiger charge is 2.38. The first-order valence-corrected chi connectivity index (χ1v) is 5.23. The first kappa shape index (κ1) is 12.0. The first-order chi connectivity index (χ1) is 6.85. The van der Waals surface area contributed by atoms with Gasteiger partial charge in [0.05, 0.1) is 12.0 Å². The van der Waals surface area contributed by atoms with Crippen molar-refractivity contribution in [1.29, 1.82) is 0 Å². The van der Waals surface area contributed by atoms with Crippen LogP contribution in [0.2, 0.25) is 0 Å². The molecule has 0 aromatic heterocycles. The molecule has 0 spiro atoms. The second-order valence-corrected chi connectivity index (χ2v) is 4.73. The maximum absolute atomic E-state index is 11.8. The summed E-state index contributed by atoms with van der Waals surface area (Å²) in [4.78, 5) is 22.9. The standard InChI is InChI=1S/C11H18O4/c1-7(2)11(3,4)10(13)15-8-5-6-14-9(8)12/h7-8H,5-6H2,1-4H3. The van der Waals surface area contributed by atoms with Gasteiger partial charge in [0.1, 0.15) is 0 Å². The number of ether oxygens (including phenoxy) is 2. The van der Waals surface area contributed by atoms with Gasteiger partial charge < -0.3 is 9.47 Å². The molecule has 0 bridgehead atoms. The molecule has 0 aliphatic carbocycles. The fourth-order valence-electron chi connectivity index (χ4n) is 1.10. The van der Waals surface area contributed by atoms with E-state index in [0.717, 1.165) is 0 Å². The van der Waals surface area contributed by atoms with E-state index in [1.54, 1.807) is 0 Å². The van der Waals surface area contributed by atoms with Gasteiger partial charge in [-0.15, -0.1) is 0 Å². The van der Waals surface area contributed by atoms with E-state index in [-0.39, 0.29) is 11.9 Å². The molecule has 1 rings (SSSR count). The van der Waals surface area contributed by atoms with Gasteiger partial charge in [0, 0.05) is 6.42 Å². The third-order valence-electron chi connectivity index (χ3n) is 3.11. The van der Waals surface area contributed by atoms with Gasteiger partial charge in [-0.2, -0.15) is 0 Å². The molecule has 0 amide bonds. The molecular weight excluding hydrogens is 196 g/mol. The minimum atomic E-state index is -0.699. The van der Waals surface area contributed by atoms with Crippen LogP contribution in [0, 0.1) is 11.3 Å². The molecule has 0 N–H and O–H groups in total. The highest BCUT2D eigenvalue weighted by atomic mass is 16.6. The summed E-state index contributed by atoms with van der Waals surface area (Å²) in [7, 11) is 0. The fraction of sp³-hybridized carbons (Fsp3) is 0.818. The molecule has 1 aliphatic heterocycles. The molecule has 4 heteroatoms. The lowest BCUT2D eigenvalue weighted by atomic mass is 9.81. The summed E-state index contributed by atoms with van der Waals surface area (Å²) in [5.41, 5.74) is -0.567. The summed E-state index contributed by atoms with van der Waals surface area (Å²) in [6.45, 7) is 7.89. The van der Waals surface area contributed by atoms with Crippen LogP contribution in [0.3, 0.4) is 0 Å². The lowest BCUT2D eigenvalue weighted by molar-refractivity contribution is -0.168. The van der Waals surface area contributed by atoms with Gasteiger partial charge >= 0.3 is 11.9 Å². The Hall–Kier alpha value is -1.06. The summed E-state index contributed by atoms with van der Waals surface area (Å²) in [6.07, 6.45) is -0.228. The number of rotatable bonds is 3. The summed E-state index contributed by atoms with van der Waals surface area (Å²) >= 11 is 0. The highest BCUT2D eigenvalue weighted by Crippen LogP contribution is 2.29. The van der Waals surface area contributed by atoms with Gasteiger partial charge in [0.15, 0.2) is 0 Å². The van der Waals surface area contributed by atoms with Gasteiger partial charge in [-0.05, 0) is 19.8 Å². The Morgan fingerprint density at radius 1 is 1.53 bits per heavy atom. The lowest BCUT2D eigenvalue weighted by Crippen LogP contribution is -2.35. The summed E-state index contributed by atoms with van der Waals surface area (Å²) in [6, 6.07) is 0. The van der Waals surface area contributed by atoms with Gasteiger partial charge in [0.25, 0.3) is 0 Å². The molecular formula is C11H18O4.